The lowest BCUT2D eigenvalue weighted by Gasteiger charge is -2.51. The number of nitrogens with one attached hydrogen (secondary N) is 2. The normalized spacial score (nSPS) is 26.5. The van der Waals surface area contributed by atoms with Crippen LogP contribution in [-0.4, -0.2) is 66.1 Å². The van der Waals surface area contributed by atoms with Crippen molar-refractivity contribution in [2.45, 2.75) is 62.7 Å². The third-order valence-corrected chi connectivity index (χ3v) is 8.71. The van der Waals surface area contributed by atoms with Crippen LogP contribution in [0.15, 0.2) is 48.5 Å². The van der Waals surface area contributed by atoms with Crippen molar-refractivity contribution in [3.05, 3.63) is 71.2 Å². The standard InChI is InChI=1S/C30H37FN4O2/c1-37-30(36)28-19-24-23-7-3-4-8-25(23)33-29(24)27-18-22(32-13-16-34-14-5-2-6-15-34)17-26(35(27)28)20-9-11-21(31)12-10-20/h3-4,7-12,22,26-28,32-33H,2,5-6,13-19H2,1H3/t22-,26-,27+,28-/m0/s1. The van der Waals surface area contributed by atoms with Gasteiger partial charge in [0.15, 0.2) is 0 Å². The highest BCUT2D eigenvalue weighted by atomic mass is 19.1. The van der Waals surface area contributed by atoms with Crippen molar-refractivity contribution in [1.82, 2.24) is 20.1 Å². The van der Waals surface area contributed by atoms with Crippen molar-refractivity contribution in [3.63, 3.8) is 0 Å². The maximum Gasteiger partial charge on any atom is 0.323 e. The van der Waals surface area contributed by atoms with Gasteiger partial charge in [-0.1, -0.05) is 36.8 Å². The van der Waals surface area contributed by atoms with Gasteiger partial charge in [0.1, 0.15) is 11.9 Å². The zero-order chi connectivity index (χ0) is 25.4. The van der Waals surface area contributed by atoms with Crippen molar-refractivity contribution in [1.29, 1.82) is 0 Å². The first-order valence-electron chi connectivity index (χ1n) is 13.8. The van der Waals surface area contributed by atoms with E-state index in [1.54, 1.807) is 0 Å². The predicted molar refractivity (Wildman–Crippen MR) is 143 cm³/mol. The van der Waals surface area contributed by atoms with Gasteiger partial charge >= 0.3 is 5.97 Å². The number of para-hydroxylation sites is 1. The summed E-state index contributed by atoms with van der Waals surface area (Å²) in [5, 5.41) is 5.05. The summed E-state index contributed by atoms with van der Waals surface area (Å²) in [5.41, 5.74) is 4.58. The van der Waals surface area contributed by atoms with E-state index in [0.717, 1.165) is 37.0 Å². The fourth-order valence-electron chi connectivity index (χ4n) is 6.93. The van der Waals surface area contributed by atoms with Crippen LogP contribution in [0.5, 0.6) is 0 Å². The second-order valence-corrected chi connectivity index (χ2v) is 10.9. The minimum Gasteiger partial charge on any atom is -0.468 e. The van der Waals surface area contributed by atoms with Crippen molar-refractivity contribution < 1.29 is 13.9 Å². The average Bonchev–Trinajstić information content (AvgIpc) is 3.32. The van der Waals surface area contributed by atoms with Gasteiger partial charge in [-0.2, -0.15) is 0 Å². The molecule has 0 amide bonds. The molecule has 2 aromatic carbocycles. The second kappa shape index (κ2) is 10.6. The third kappa shape index (κ3) is 4.80. The Labute approximate surface area is 218 Å². The summed E-state index contributed by atoms with van der Waals surface area (Å²) in [5.74, 6) is -0.446. The summed E-state index contributed by atoms with van der Waals surface area (Å²) in [4.78, 5) is 21.8. The van der Waals surface area contributed by atoms with E-state index in [1.165, 1.54) is 68.2 Å². The van der Waals surface area contributed by atoms with Crippen LogP contribution in [0.2, 0.25) is 0 Å². The number of hydrogen-bond acceptors (Lipinski definition) is 5. The van der Waals surface area contributed by atoms with E-state index < -0.39 is 0 Å². The second-order valence-electron chi connectivity index (χ2n) is 10.9. The number of piperidine rings is 2. The summed E-state index contributed by atoms with van der Waals surface area (Å²) in [6.07, 6.45) is 6.32. The number of benzene rings is 2. The van der Waals surface area contributed by atoms with E-state index in [1.807, 2.05) is 18.2 Å². The Morgan fingerprint density at radius 3 is 2.59 bits per heavy atom. The number of rotatable bonds is 6. The molecule has 0 bridgehead atoms. The molecule has 0 saturated carbocycles. The maximum absolute atomic E-state index is 13.9. The number of nitrogens with zero attached hydrogens (tertiary/aromatic N) is 2. The largest absolute Gasteiger partial charge is 0.468 e. The van der Waals surface area contributed by atoms with Crippen LogP contribution in [0.3, 0.4) is 0 Å². The van der Waals surface area contributed by atoms with Gasteiger partial charge in [0, 0.05) is 48.2 Å². The number of carbonyl (C=O) groups excluding carboxylic acids is 1. The molecule has 4 heterocycles. The van der Waals surface area contributed by atoms with Gasteiger partial charge in [-0.25, -0.2) is 4.39 Å². The minimum atomic E-state index is -0.383. The molecule has 3 aliphatic heterocycles. The summed E-state index contributed by atoms with van der Waals surface area (Å²) >= 11 is 0. The molecule has 7 heteroatoms. The van der Waals surface area contributed by atoms with Gasteiger partial charge in [-0.15, -0.1) is 0 Å². The lowest BCUT2D eigenvalue weighted by molar-refractivity contribution is -0.152. The first kappa shape index (κ1) is 24.6. The molecule has 6 rings (SSSR count). The van der Waals surface area contributed by atoms with Gasteiger partial charge in [-0.05, 0) is 68.1 Å². The van der Waals surface area contributed by atoms with Gasteiger partial charge in [0.05, 0.1) is 13.2 Å². The van der Waals surface area contributed by atoms with E-state index in [9.17, 15) is 9.18 Å². The highest BCUT2D eigenvalue weighted by Crippen LogP contribution is 2.48. The van der Waals surface area contributed by atoms with E-state index in [4.69, 9.17) is 4.74 Å². The molecule has 196 valence electrons. The molecule has 0 radical (unpaired) electrons. The SMILES string of the molecule is COC(=O)[C@@H]1Cc2c([nH]c3ccccc23)[C@H]2C[C@@H](NCCN3CCCCC3)C[C@@H](c3ccc(F)cc3)N21. The molecule has 2 N–H and O–H groups in total. The summed E-state index contributed by atoms with van der Waals surface area (Å²) in [6.45, 7) is 4.41. The number of hydrogen-bond donors (Lipinski definition) is 2. The molecule has 0 unspecified atom stereocenters. The first-order chi connectivity index (χ1) is 18.1. The lowest BCUT2D eigenvalue weighted by atomic mass is 9.79. The molecule has 2 saturated heterocycles. The summed E-state index contributed by atoms with van der Waals surface area (Å²) in [6, 6.07) is 15.1. The molecule has 0 aliphatic carbocycles. The van der Waals surface area contributed by atoms with E-state index in [2.05, 4.69) is 38.3 Å². The number of H-pyrrole nitrogens is 1. The molecule has 2 fully saturated rings. The number of likely N-dealkylation sites (tertiary alicyclic amines) is 1. The Bertz CT molecular complexity index is 1240. The Kier molecular flexibility index (Phi) is 7.02. The quantitative estimate of drug-likeness (QED) is 0.476. The van der Waals surface area contributed by atoms with Crippen molar-refractivity contribution in [2.75, 3.05) is 33.3 Å². The van der Waals surface area contributed by atoms with E-state index in [0.29, 0.717) is 6.42 Å². The Morgan fingerprint density at radius 2 is 1.81 bits per heavy atom. The lowest BCUT2D eigenvalue weighted by Crippen LogP contribution is -2.56. The monoisotopic (exact) mass is 504 g/mol. The summed E-state index contributed by atoms with van der Waals surface area (Å²) in [7, 11) is 1.48. The topological polar surface area (TPSA) is 60.6 Å². The molecular weight excluding hydrogens is 467 g/mol. The first-order valence-corrected chi connectivity index (χ1v) is 13.8. The number of aromatic amines is 1. The fraction of sp³-hybridized carbons (Fsp3) is 0.500. The molecule has 37 heavy (non-hydrogen) atoms. The predicted octanol–water partition coefficient (Wildman–Crippen LogP) is 4.73. The van der Waals surface area contributed by atoms with Crippen LogP contribution in [0, 0.1) is 5.82 Å². The highest BCUT2D eigenvalue weighted by Gasteiger charge is 2.48. The summed E-state index contributed by atoms with van der Waals surface area (Å²) < 4.78 is 19.2. The third-order valence-electron chi connectivity index (χ3n) is 8.71. The number of halogens is 1. The molecule has 1 aromatic heterocycles. The van der Waals surface area contributed by atoms with Crippen molar-refractivity contribution >= 4 is 16.9 Å². The Hall–Kier alpha value is -2.74. The molecule has 0 spiro atoms. The number of methoxy groups -OCH3 is 1. The maximum atomic E-state index is 13.9. The van der Waals surface area contributed by atoms with Gasteiger partial charge < -0.3 is 19.9 Å². The van der Waals surface area contributed by atoms with Crippen molar-refractivity contribution in [2.24, 2.45) is 0 Å². The zero-order valence-corrected chi connectivity index (χ0v) is 21.6. The van der Waals surface area contributed by atoms with Crippen LogP contribution in [0.25, 0.3) is 10.9 Å². The molecule has 3 aliphatic rings. The molecule has 4 atom stereocenters. The van der Waals surface area contributed by atoms with Crippen LogP contribution in [0.4, 0.5) is 4.39 Å². The molecule has 3 aromatic rings. The zero-order valence-electron chi connectivity index (χ0n) is 21.6. The number of aromatic nitrogens is 1. The van der Waals surface area contributed by atoms with Gasteiger partial charge in [-0.3, -0.25) is 9.69 Å². The van der Waals surface area contributed by atoms with Gasteiger partial charge in [0.25, 0.3) is 0 Å². The van der Waals surface area contributed by atoms with E-state index in [-0.39, 0.29) is 36.0 Å². The number of carbonyl (C=O) groups is 1. The average molecular weight is 505 g/mol. The highest BCUT2D eigenvalue weighted by molar-refractivity contribution is 5.87. The molecule has 6 nitrogen and oxygen atoms in total. The smallest absolute Gasteiger partial charge is 0.323 e. The fourth-order valence-corrected chi connectivity index (χ4v) is 6.93. The van der Waals surface area contributed by atoms with Crippen LogP contribution >= 0.6 is 0 Å². The van der Waals surface area contributed by atoms with Crippen LogP contribution in [-0.2, 0) is 16.0 Å². The number of esters is 1. The Balaban J connectivity index is 1.35. The molecular formula is C30H37FN4O2. The van der Waals surface area contributed by atoms with E-state index >= 15 is 0 Å². The Morgan fingerprint density at radius 1 is 1.05 bits per heavy atom. The number of ether oxygens (including phenoxy) is 1. The van der Waals surface area contributed by atoms with Gasteiger partial charge in [0.2, 0.25) is 0 Å². The minimum absolute atomic E-state index is 0.0181. The van der Waals surface area contributed by atoms with Crippen LogP contribution < -0.4 is 5.32 Å². The number of fused-ring (bicyclic) bond motifs is 5. The van der Waals surface area contributed by atoms with Crippen LogP contribution in [0.1, 0.15) is 61.0 Å². The van der Waals surface area contributed by atoms with Crippen molar-refractivity contribution in [3.8, 4) is 0 Å².